The Morgan fingerprint density at radius 1 is 0.935 bits per heavy atom. The molecule has 4 aromatic rings. The molecule has 2 aromatic heterocycles. The predicted octanol–water partition coefficient (Wildman–Crippen LogP) is 2.90. The molecule has 0 saturated carbocycles. The minimum atomic E-state index is -0.734. The van der Waals surface area contributed by atoms with E-state index in [0.717, 1.165) is 16.9 Å². The Bertz CT molecular complexity index is 1290. The molecule has 9 nitrogen and oxygen atoms in total. The molecule has 0 bridgehead atoms. The number of hydrogen-bond acceptors (Lipinski definition) is 6. The van der Waals surface area contributed by atoms with Crippen molar-refractivity contribution in [3.8, 4) is 11.4 Å². The number of carbonyl (C=O) groups excluding carboxylic acids is 2. The number of nitrogens with one attached hydrogen (secondary N) is 1. The first-order valence-electron chi connectivity index (χ1n) is 9.70. The topological polar surface area (TPSA) is 108 Å². The molecule has 0 radical (unpaired) electrons. The van der Waals surface area contributed by atoms with Gasteiger partial charge in [0.25, 0.3) is 11.7 Å². The first-order valence-corrected chi connectivity index (χ1v) is 9.70. The molecule has 1 amide bonds. The molecule has 2 aromatic carbocycles. The number of anilines is 1. The number of carbonyl (C=O) groups is 2. The number of aryl methyl sites for hydroxylation is 3. The number of rotatable bonds is 5. The largest absolute Gasteiger partial charge is 0.319 e. The minimum absolute atomic E-state index is 0.296. The Morgan fingerprint density at radius 3 is 2.35 bits per heavy atom. The van der Waals surface area contributed by atoms with Gasteiger partial charge in [-0.05, 0) is 68.0 Å². The summed E-state index contributed by atoms with van der Waals surface area (Å²) in [5.74, 6) is -0.762. The first-order chi connectivity index (χ1) is 14.9. The van der Waals surface area contributed by atoms with Crippen LogP contribution >= 0.6 is 0 Å². The van der Waals surface area contributed by atoms with Crippen LogP contribution in [0.5, 0.6) is 0 Å². The third-order valence-corrected chi connectivity index (χ3v) is 5.05. The maximum atomic E-state index is 13.0. The highest BCUT2D eigenvalue weighted by molar-refractivity contribution is 6.47. The van der Waals surface area contributed by atoms with Gasteiger partial charge in [-0.1, -0.05) is 24.3 Å². The molecule has 156 valence electrons. The maximum absolute atomic E-state index is 13.0. The number of para-hydroxylation sites is 1. The molecule has 0 saturated heterocycles. The molecule has 0 aliphatic carbocycles. The van der Waals surface area contributed by atoms with Gasteiger partial charge in [0.2, 0.25) is 0 Å². The zero-order valence-electron chi connectivity index (χ0n) is 17.6. The van der Waals surface area contributed by atoms with Crippen LogP contribution in [0.4, 0.5) is 5.69 Å². The monoisotopic (exact) mass is 415 g/mol. The van der Waals surface area contributed by atoms with E-state index in [2.05, 4.69) is 25.9 Å². The first kappa shape index (κ1) is 20.1. The number of hydrogen-bond donors (Lipinski definition) is 1. The van der Waals surface area contributed by atoms with Crippen molar-refractivity contribution in [2.45, 2.75) is 27.7 Å². The molecule has 0 atom stereocenters. The SMILES string of the molecule is Cc1ccc(NC(=O)C(=O)c2c(C)nn(-c3ccccc3)c2C)cc1-n1nnnc1C. The molecule has 0 aliphatic heterocycles. The molecule has 0 spiro atoms. The van der Waals surface area contributed by atoms with E-state index in [1.54, 1.807) is 42.3 Å². The van der Waals surface area contributed by atoms with Crippen LogP contribution in [0.2, 0.25) is 0 Å². The van der Waals surface area contributed by atoms with Crippen molar-refractivity contribution in [2.75, 3.05) is 5.32 Å². The number of Topliss-reactive ketones (excluding diaryl/α,β-unsaturated/α-hetero) is 1. The average molecular weight is 415 g/mol. The summed E-state index contributed by atoms with van der Waals surface area (Å²) in [5.41, 5.74) is 4.34. The number of amides is 1. The molecule has 31 heavy (non-hydrogen) atoms. The van der Waals surface area contributed by atoms with Crippen LogP contribution < -0.4 is 5.32 Å². The van der Waals surface area contributed by atoms with Gasteiger partial charge in [-0.15, -0.1) is 5.10 Å². The Kier molecular flexibility index (Phi) is 5.16. The Hall–Kier alpha value is -4.14. The van der Waals surface area contributed by atoms with Crippen molar-refractivity contribution < 1.29 is 9.59 Å². The van der Waals surface area contributed by atoms with E-state index in [9.17, 15) is 9.59 Å². The summed E-state index contributed by atoms with van der Waals surface area (Å²) in [6.07, 6.45) is 0. The van der Waals surface area contributed by atoms with Gasteiger partial charge in [-0.25, -0.2) is 4.68 Å². The van der Waals surface area contributed by atoms with E-state index >= 15 is 0 Å². The van der Waals surface area contributed by atoms with Crippen molar-refractivity contribution in [2.24, 2.45) is 0 Å². The number of tetrazole rings is 1. The van der Waals surface area contributed by atoms with Crippen molar-refractivity contribution in [1.29, 1.82) is 0 Å². The highest BCUT2D eigenvalue weighted by atomic mass is 16.2. The van der Waals surface area contributed by atoms with Crippen LogP contribution in [0.15, 0.2) is 48.5 Å². The van der Waals surface area contributed by atoms with E-state index in [4.69, 9.17) is 0 Å². The number of nitrogens with zero attached hydrogens (tertiary/aromatic N) is 6. The zero-order chi connectivity index (χ0) is 22.1. The fraction of sp³-hybridized carbons (Fsp3) is 0.182. The van der Waals surface area contributed by atoms with E-state index in [1.165, 1.54) is 0 Å². The molecule has 0 fully saturated rings. The summed E-state index contributed by atoms with van der Waals surface area (Å²) in [5, 5.41) is 18.7. The van der Waals surface area contributed by atoms with E-state index in [-0.39, 0.29) is 0 Å². The number of benzene rings is 2. The molecule has 9 heteroatoms. The van der Waals surface area contributed by atoms with Gasteiger partial charge in [-0.2, -0.15) is 9.78 Å². The van der Waals surface area contributed by atoms with E-state index < -0.39 is 11.7 Å². The van der Waals surface area contributed by atoms with Crippen molar-refractivity contribution in [3.63, 3.8) is 0 Å². The van der Waals surface area contributed by atoms with Crippen LogP contribution in [-0.2, 0) is 4.79 Å². The lowest BCUT2D eigenvalue weighted by atomic mass is 10.1. The molecule has 4 rings (SSSR count). The lowest BCUT2D eigenvalue weighted by Crippen LogP contribution is -2.24. The molecular formula is C22H21N7O2. The van der Waals surface area contributed by atoms with Crippen molar-refractivity contribution >= 4 is 17.4 Å². The normalized spacial score (nSPS) is 10.8. The zero-order valence-corrected chi connectivity index (χ0v) is 17.6. The Morgan fingerprint density at radius 2 is 1.68 bits per heavy atom. The van der Waals surface area contributed by atoms with Gasteiger partial charge >= 0.3 is 0 Å². The van der Waals surface area contributed by atoms with Crippen molar-refractivity contribution in [1.82, 2.24) is 30.0 Å². The van der Waals surface area contributed by atoms with Crippen LogP contribution in [0, 0.1) is 27.7 Å². The highest BCUT2D eigenvalue weighted by Gasteiger charge is 2.25. The van der Waals surface area contributed by atoms with Crippen LogP contribution in [0.3, 0.4) is 0 Å². The Labute approximate surface area is 178 Å². The van der Waals surface area contributed by atoms with Gasteiger partial charge in [0.15, 0.2) is 5.82 Å². The van der Waals surface area contributed by atoms with Crippen molar-refractivity contribution in [3.05, 3.63) is 76.9 Å². The summed E-state index contributed by atoms with van der Waals surface area (Å²) in [6.45, 7) is 7.19. The lowest BCUT2D eigenvalue weighted by molar-refractivity contribution is -0.112. The van der Waals surface area contributed by atoms with E-state index in [1.807, 2.05) is 43.3 Å². The average Bonchev–Trinajstić information content (AvgIpc) is 3.31. The standard InChI is InChI=1S/C22H21N7O2/c1-13-10-11-17(12-19(13)29-16(4)24-26-27-29)23-22(31)21(30)20-14(2)25-28(15(20)3)18-8-6-5-7-9-18/h5-12H,1-4H3,(H,23,31). The quantitative estimate of drug-likeness (QED) is 0.397. The Balaban J connectivity index is 1.61. The fourth-order valence-corrected chi connectivity index (χ4v) is 3.46. The van der Waals surface area contributed by atoms with E-state index in [0.29, 0.717) is 28.5 Å². The van der Waals surface area contributed by atoms with Crippen LogP contribution in [0.25, 0.3) is 11.4 Å². The summed E-state index contributed by atoms with van der Waals surface area (Å²) in [4.78, 5) is 25.7. The molecule has 0 aliphatic rings. The summed E-state index contributed by atoms with van der Waals surface area (Å²) < 4.78 is 3.24. The molecule has 0 unspecified atom stereocenters. The van der Waals surface area contributed by atoms with Crippen LogP contribution in [0.1, 0.15) is 33.1 Å². The summed E-state index contributed by atoms with van der Waals surface area (Å²) in [6, 6.07) is 14.8. The maximum Gasteiger partial charge on any atom is 0.296 e. The lowest BCUT2D eigenvalue weighted by Gasteiger charge is -2.10. The predicted molar refractivity (Wildman–Crippen MR) is 115 cm³/mol. The highest BCUT2D eigenvalue weighted by Crippen LogP contribution is 2.21. The second-order valence-electron chi connectivity index (χ2n) is 7.22. The van der Waals surface area contributed by atoms with Gasteiger partial charge in [0.05, 0.1) is 28.3 Å². The third-order valence-electron chi connectivity index (χ3n) is 5.05. The van der Waals surface area contributed by atoms with Gasteiger partial charge in [-0.3, -0.25) is 9.59 Å². The fourth-order valence-electron chi connectivity index (χ4n) is 3.46. The van der Waals surface area contributed by atoms with Gasteiger partial charge < -0.3 is 5.32 Å². The molecule has 2 heterocycles. The smallest absolute Gasteiger partial charge is 0.296 e. The molecular weight excluding hydrogens is 394 g/mol. The van der Waals surface area contributed by atoms with Gasteiger partial charge in [0, 0.05) is 5.69 Å². The number of aromatic nitrogens is 6. The van der Waals surface area contributed by atoms with Crippen LogP contribution in [-0.4, -0.2) is 41.7 Å². The van der Waals surface area contributed by atoms with Gasteiger partial charge in [0.1, 0.15) is 0 Å². The minimum Gasteiger partial charge on any atom is -0.319 e. The number of ketones is 1. The second kappa shape index (κ2) is 7.94. The summed E-state index contributed by atoms with van der Waals surface area (Å²) >= 11 is 0. The third kappa shape index (κ3) is 3.73. The molecule has 1 N–H and O–H groups in total. The summed E-state index contributed by atoms with van der Waals surface area (Å²) in [7, 11) is 0. The second-order valence-corrected chi connectivity index (χ2v) is 7.22.